The van der Waals surface area contributed by atoms with Gasteiger partial charge in [-0.15, -0.1) is 0 Å². The van der Waals surface area contributed by atoms with E-state index in [1.807, 2.05) is 30.3 Å². The van der Waals surface area contributed by atoms with Crippen molar-refractivity contribution in [3.05, 3.63) is 65.2 Å². The van der Waals surface area contributed by atoms with Crippen LogP contribution >= 0.6 is 0 Å². The first-order valence-electron chi connectivity index (χ1n) is 8.34. The molecule has 0 heterocycles. The molecule has 2 aromatic rings. The molecule has 4 heteroatoms. The van der Waals surface area contributed by atoms with Crippen molar-refractivity contribution >= 4 is 16.7 Å². The zero-order valence-electron chi connectivity index (χ0n) is 14.1. The van der Waals surface area contributed by atoms with Gasteiger partial charge in [0.2, 0.25) is 5.91 Å². The predicted molar refractivity (Wildman–Crippen MR) is 97.3 cm³/mol. The van der Waals surface area contributed by atoms with Gasteiger partial charge in [-0.1, -0.05) is 43.3 Å². The number of benzene rings is 2. The normalized spacial score (nSPS) is 20.9. The number of fused-ring (bicyclic) bond motifs is 1. The van der Waals surface area contributed by atoms with Gasteiger partial charge in [0.1, 0.15) is 0 Å². The third-order valence-corrected chi connectivity index (χ3v) is 5.70. The van der Waals surface area contributed by atoms with Crippen molar-refractivity contribution in [2.75, 3.05) is 6.26 Å². The van der Waals surface area contributed by atoms with Crippen LogP contribution in [-0.4, -0.2) is 16.4 Å². The molecule has 1 aliphatic rings. The first kappa shape index (κ1) is 16.9. The van der Waals surface area contributed by atoms with Crippen molar-refractivity contribution < 1.29 is 9.00 Å². The molecule has 0 bridgehead atoms. The second-order valence-corrected chi connectivity index (χ2v) is 7.91. The van der Waals surface area contributed by atoms with Gasteiger partial charge in [-0.3, -0.25) is 9.00 Å². The quantitative estimate of drug-likeness (QED) is 0.926. The summed E-state index contributed by atoms with van der Waals surface area (Å²) in [7, 11) is -0.986. The zero-order chi connectivity index (χ0) is 17.1. The summed E-state index contributed by atoms with van der Waals surface area (Å²) < 4.78 is 11.4. The molecule has 1 aliphatic carbocycles. The first-order chi connectivity index (χ1) is 11.5. The van der Waals surface area contributed by atoms with E-state index < -0.39 is 10.8 Å². The Morgan fingerprint density at radius 2 is 1.88 bits per heavy atom. The Morgan fingerprint density at radius 1 is 1.17 bits per heavy atom. The lowest BCUT2D eigenvalue weighted by Gasteiger charge is -2.32. The second-order valence-electron chi connectivity index (χ2n) is 6.53. The molecule has 0 aromatic heterocycles. The topological polar surface area (TPSA) is 46.2 Å². The minimum atomic E-state index is -0.986. The van der Waals surface area contributed by atoms with E-state index in [-0.39, 0.29) is 11.9 Å². The van der Waals surface area contributed by atoms with E-state index in [0.717, 1.165) is 23.3 Å². The molecule has 0 radical (unpaired) electrons. The van der Waals surface area contributed by atoms with Crippen molar-refractivity contribution in [3.8, 4) is 0 Å². The number of rotatable bonds is 4. The van der Waals surface area contributed by atoms with E-state index >= 15 is 0 Å². The molecule has 1 amide bonds. The fraction of sp³-hybridized carbons (Fsp3) is 0.350. The Bertz CT molecular complexity index is 754. The monoisotopic (exact) mass is 341 g/mol. The Labute approximate surface area is 145 Å². The molecule has 0 spiro atoms. The van der Waals surface area contributed by atoms with Crippen LogP contribution in [0.15, 0.2) is 53.4 Å². The Balaban J connectivity index is 1.69. The summed E-state index contributed by atoms with van der Waals surface area (Å²) >= 11 is 0. The third-order valence-electron chi connectivity index (χ3n) is 4.76. The van der Waals surface area contributed by atoms with Gasteiger partial charge in [-0.2, -0.15) is 0 Å². The van der Waals surface area contributed by atoms with E-state index in [4.69, 9.17) is 0 Å². The van der Waals surface area contributed by atoms with E-state index in [0.29, 0.717) is 12.3 Å². The third kappa shape index (κ3) is 3.75. The van der Waals surface area contributed by atoms with E-state index in [9.17, 15) is 9.00 Å². The number of carbonyl (C=O) groups is 1. The molecule has 3 atom stereocenters. The fourth-order valence-corrected chi connectivity index (χ4v) is 3.87. The minimum absolute atomic E-state index is 0.0360. The lowest BCUT2D eigenvalue weighted by Crippen LogP contribution is -2.36. The number of carbonyl (C=O) groups excluding carboxylic acids is 1. The minimum Gasteiger partial charge on any atom is -0.349 e. The molecule has 3 rings (SSSR count). The standard InChI is InChI=1S/C20H23NO2S/c1-14-7-10-16-5-3-4-6-18(16)20(14)21-19(22)13-15-8-11-17(12-9-15)24(2)23/h3-6,8-9,11-12,14,20H,7,10,13H2,1-2H3,(H,21,22)/t14-,20+,24-/m1/s1. The van der Waals surface area contributed by atoms with Gasteiger partial charge in [0.25, 0.3) is 0 Å². The molecule has 126 valence electrons. The number of hydrogen-bond donors (Lipinski definition) is 1. The van der Waals surface area contributed by atoms with Crippen LogP contribution < -0.4 is 5.32 Å². The van der Waals surface area contributed by atoms with Gasteiger partial charge in [-0.05, 0) is 47.6 Å². The van der Waals surface area contributed by atoms with E-state index in [1.54, 1.807) is 6.26 Å². The van der Waals surface area contributed by atoms with Crippen molar-refractivity contribution in [2.45, 2.75) is 37.1 Å². The Kier molecular flexibility index (Phi) is 5.14. The van der Waals surface area contributed by atoms with Gasteiger partial charge in [0.15, 0.2) is 0 Å². The average Bonchev–Trinajstić information content (AvgIpc) is 2.58. The molecule has 0 unspecified atom stereocenters. The highest BCUT2D eigenvalue weighted by molar-refractivity contribution is 7.84. The summed E-state index contributed by atoms with van der Waals surface area (Å²) in [4.78, 5) is 13.3. The highest BCUT2D eigenvalue weighted by atomic mass is 32.2. The lowest BCUT2D eigenvalue weighted by atomic mass is 9.80. The maximum atomic E-state index is 12.5. The van der Waals surface area contributed by atoms with Crippen LogP contribution in [0.2, 0.25) is 0 Å². The highest BCUT2D eigenvalue weighted by Crippen LogP contribution is 2.34. The van der Waals surface area contributed by atoms with Gasteiger partial charge in [0.05, 0.1) is 12.5 Å². The van der Waals surface area contributed by atoms with E-state index in [2.05, 4.69) is 30.4 Å². The van der Waals surface area contributed by atoms with Crippen LogP contribution in [0.25, 0.3) is 0 Å². The molecular formula is C20H23NO2S. The van der Waals surface area contributed by atoms with Crippen molar-refractivity contribution in [1.82, 2.24) is 5.32 Å². The molecule has 3 nitrogen and oxygen atoms in total. The Morgan fingerprint density at radius 3 is 2.58 bits per heavy atom. The summed E-state index contributed by atoms with van der Waals surface area (Å²) in [6, 6.07) is 15.9. The first-order valence-corrected chi connectivity index (χ1v) is 9.90. The summed E-state index contributed by atoms with van der Waals surface area (Å²) in [5.41, 5.74) is 3.54. The molecule has 0 saturated carbocycles. The molecule has 2 aromatic carbocycles. The van der Waals surface area contributed by atoms with Crippen LogP contribution in [0.1, 0.15) is 36.1 Å². The van der Waals surface area contributed by atoms with Crippen molar-refractivity contribution in [3.63, 3.8) is 0 Å². The average molecular weight is 341 g/mol. The molecule has 0 saturated heterocycles. The smallest absolute Gasteiger partial charge is 0.224 e. The largest absolute Gasteiger partial charge is 0.349 e. The second kappa shape index (κ2) is 7.31. The number of aryl methyl sites for hydroxylation is 1. The van der Waals surface area contributed by atoms with Crippen LogP contribution in [0.5, 0.6) is 0 Å². The zero-order valence-corrected chi connectivity index (χ0v) is 14.9. The van der Waals surface area contributed by atoms with Crippen LogP contribution in [0, 0.1) is 5.92 Å². The fourth-order valence-electron chi connectivity index (χ4n) is 3.35. The maximum absolute atomic E-state index is 12.5. The SMILES string of the molecule is C[C@@H]1CCc2ccccc2[C@H]1NC(=O)Cc1ccc([S@@](C)=O)cc1. The molecule has 0 aliphatic heterocycles. The van der Waals surface area contributed by atoms with Gasteiger partial charge in [-0.25, -0.2) is 0 Å². The summed E-state index contributed by atoms with van der Waals surface area (Å²) in [6.07, 6.45) is 4.18. The maximum Gasteiger partial charge on any atom is 0.224 e. The van der Waals surface area contributed by atoms with Crippen molar-refractivity contribution in [2.24, 2.45) is 5.92 Å². The summed E-state index contributed by atoms with van der Waals surface area (Å²) in [5, 5.41) is 3.21. The summed E-state index contributed by atoms with van der Waals surface area (Å²) in [6.45, 7) is 2.20. The molecule has 0 fully saturated rings. The lowest BCUT2D eigenvalue weighted by molar-refractivity contribution is -0.121. The van der Waals surface area contributed by atoms with Crippen molar-refractivity contribution in [1.29, 1.82) is 0 Å². The predicted octanol–water partition coefficient (Wildman–Crippen LogP) is 3.41. The highest BCUT2D eigenvalue weighted by Gasteiger charge is 2.27. The van der Waals surface area contributed by atoms with Crippen LogP contribution in [0.4, 0.5) is 0 Å². The molecule has 24 heavy (non-hydrogen) atoms. The molecule has 1 N–H and O–H groups in total. The molecular weight excluding hydrogens is 318 g/mol. The van der Waals surface area contributed by atoms with Gasteiger partial charge in [0, 0.05) is 22.0 Å². The van der Waals surface area contributed by atoms with E-state index in [1.165, 1.54) is 11.1 Å². The number of amides is 1. The van der Waals surface area contributed by atoms with Gasteiger partial charge < -0.3 is 5.32 Å². The van der Waals surface area contributed by atoms with Crippen LogP contribution in [0.3, 0.4) is 0 Å². The van der Waals surface area contributed by atoms with Gasteiger partial charge >= 0.3 is 0 Å². The number of nitrogens with one attached hydrogen (secondary N) is 1. The Hall–Kier alpha value is -1.94. The number of hydrogen-bond acceptors (Lipinski definition) is 2. The van der Waals surface area contributed by atoms with Crippen LogP contribution in [-0.2, 0) is 28.4 Å². The summed E-state index contributed by atoms with van der Waals surface area (Å²) in [5.74, 6) is 0.475.